The molecular weight excluding hydrogens is 288 g/mol. The highest BCUT2D eigenvalue weighted by atomic mass is 32.2. The van der Waals surface area contributed by atoms with Crippen molar-refractivity contribution in [2.45, 2.75) is 5.92 Å². The molecule has 0 saturated carbocycles. The number of aliphatic imine (C=N–C) groups is 1. The molecule has 1 aliphatic heterocycles. The predicted molar refractivity (Wildman–Crippen MR) is 68.4 cm³/mol. The molecule has 1 amide bonds. The van der Waals surface area contributed by atoms with E-state index in [-0.39, 0.29) is 16.6 Å². The second-order valence-electron chi connectivity index (χ2n) is 3.49. The van der Waals surface area contributed by atoms with Crippen LogP contribution in [0.3, 0.4) is 0 Å². The van der Waals surface area contributed by atoms with Crippen LogP contribution in [0.25, 0.3) is 0 Å². The number of carbonyl (C=O) groups excluding carboxylic acids is 1. The van der Waals surface area contributed by atoms with Gasteiger partial charge in [-0.3, -0.25) is 9.59 Å². The van der Waals surface area contributed by atoms with Gasteiger partial charge in [0, 0.05) is 22.2 Å². The van der Waals surface area contributed by atoms with Gasteiger partial charge in [0.05, 0.1) is 12.8 Å². The smallest absolute Gasteiger partial charge is 0.318 e. The number of amidine groups is 1. The van der Waals surface area contributed by atoms with Crippen LogP contribution in [0, 0.1) is 0 Å². The quantitative estimate of drug-likeness (QED) is 0.589. The first-order valence-electron chi connectivity index (χ1n) is 5.28. The van der Waals surface area contributed by atoms with Gasteiger partial charge < -0.3 is 14.9 Å². The van der Waals surface area contributed by atoms with Gasteiger partial charge in [0.1, 0.15) is 17.9 Å². The molecule has 2 unspecified atom stereocenters. The molecule has 0 spiro atoms. The average Bonchev–Trinajstić information content (AvgIpc) is 3.02. The normalized spacial score (nSPS) is 19.4. The lowest BCUT2D eigenvalue weighted by molar-refractivity contribution is -0.138. The topological polar surface area (TPSA) is 126 Å². The van der Waals surface area contributed by atoms with Crippen molar-refractivity contribution in [3.05, 3.63) is 29.1 Å². The van der Waals surface area contributed by atoms with E-state index in [0.717, 1.165) is 0 Å². The summed E-state index contributed by atoms with van der Waals surface area (Å²) in [6, 6.07) is 1.44. The molecule has 2 heterocycles. The van der Waals surface area contributed by atoms with Gasteiger partial charge in [0.2, 0.25) is 6.41 Å². The molecule has 1 aromatic heterocycles. The van der Waals surface area contributed by atoms with Crippen molar-refractivity contribution >= 4 is 28.2 Å². The van der Waals surface area contributed by atoms with Crippen LogP contribution in [-0.2, 0) is 25.1 Å². The van der Waals surface area contributed by atoms with E-state index in [0.29, 0.717) is 6.41 Å². The summed E-state index contributed by atoms with van der Waals surface area (Å²) in [4.78, 5) is 30.6. The summed E-state index contributed by atoms with van der Waals surface area (Å²) in [5.41, 5.74) is 0.417. The number of rotatable bonds is 5. The van der Waals surface area contributed by atoms with Crippen LogP contribution in [0.2, 0.25) is 0 Å². The Labute approximate surface area is 115 Å². The summed E-state index contributed by atoms with van der Waals surface area (Å²) in [6.07, 6.45) is 1.71. The second-order valence-corrected chi connectivity index (χ2v) is 4.89. The standard InChI is InChI=1S/C10H10N4O5S/c1-18-14-20-4-7(12-10(20)11-5-15)8(9(16)17)6-2-3-19-13-6/h2-5,8H,1H3,(H,16,17)(H,11,12,15). The Morgan fingerprint density at radius 3 is 3.05 bits per heavy atom. The second kappa shape index (κ2) is 6.21. The molecule has 0 saturated heterocycles. The van der Waals surface area contributed by atoms with Crippen molar-refractivity contribution in [2.24, 2.45) is 9.52 Å². The van der Waals surface area contributed by atoms with E-state index in [1.807, 2.05) is 0 Å². The summed E-state index contributed by atoms with van der Waals surface area (Å²) in [6.45, 7) is 0. The molecule has 0 aliphatic carbocycles. The maximum Gasteiger partial charge on any atom is 0.318 e. The summed E-state index contributed by atoms with van der Waals surface area (Å²) < 4.78 is 8.41. The molecule has 0 radical (unpaired) electrons. The monoisotopic (exact) mass is 298 g/mol. The van der Waals surface area contributed by atoms with Gasteiger partial charge >= 0.3 is 5.97 Å². The third-order valence-corrected chi connectivity index (χ3v) is 3.67. The molecule has 2 atom stereocenters. The van der Waals surface area contributed by atoms with Crippen LogP contribution < -0.4 is 5.32 Å². The van der Waals surface area contributed by atoms with Gasteiger partial charge in [-0.25, -0.2) is 9.83 Å². The Morgan fingerprint density at radius 2 is 2.50 bits per heavy atom. The van der Waals surface area contributed by atoms with Gasteiger partial charge in [0.25, 0.3) is 0 Å². The third-order valence-electron chi connectivity index (χ3n) is 2.29. The highest BCUT2D eigenvalue weighted by Gasteiger charge is 2.31. The van der Waals surface area contributed by atoms with Gasteiger partial charge in [-0.15, -0.1) is 0 Å². The van der Waals surface area contributed by atoms with Crippen LogP contribution in [0.1, 0.15) is 11.6 Å². The Morgan fingerprint density at radius 1 is 1.70 bits per heavy atom. The molecule has 1 aliphatic rings. The molecule has 2 N–H and O–H groups in total. The maximum atomic E-state index is 11.4. The number of carboxylic acids is 1. The van der Waals surface area contributed by atoms with Crippen LogP contribution in [0.4, 0.5) is 0 Å². The first-order valence-corrected chi connectivity index (χ1v) is 6.53. The third kappa shape index (κ3) is 2.81. The van der Waals surface area contributed by atoms with Crippen LogP contribution >= 0.6 is 0 Å². The molecule has 106 valence electrons. The van der Waals surface area contributed by atoms with Crippen molar-refractivity contribution in [3.63, 3.8) is 0 Å². The van der Waals surface area contributed by atoms with Crippen LogP contribution in [0.5, 0.6) is 0 Å². The highest BCUT2D eigenvalue weighted by molar-refractivity contribution is 8.05. The first-order chi connectivity index (χ1) is 9.67. The molecule has 0 fully saturated rings. The van der Waals surface area contributed by atoms with E-state index in [1.54, 1.807) is 0 Å². The molecule has 0 bridgehead atoms. The summed E-state index contributed by atoms with van der Waals surface area (Å²) in [5, 5.41) is 17.0. The molecule has 20 heavy (non-hydrogen) atoms. The summed E-state index contributed by atoms with van der Waals surface area (Å²) in [5.74, 6) is -2.23. The minimum Gasteiger partial charge on any atom is -0.480 e. The SMILES string of the molecule is CON=S1C=C(C(C(=O)O)c2ccon2)N=C1NC=O. The molecule has 10 heteroatoms. The summed E-state index contributed by atoms with van der Waals surface area (Å²) >= 11 is 0. The number of hydrogen-bond donors (Lipinski definition) is 2. The van der Waals surface area contributed by atoms with E-state index in [2.05, 4.69) is 29.4 Å². The average molecular weight is 298 g/mol. The minimum absolute atomic E-state index is 0.208. The van der Waals surface area contributed by atoms with E-state index in [1.165, 1.54) is 24.8 Å². The van der Waals surface area contributed by atoms with E-state index >= 15 is 0 Å². The van der Waals surface area contributed by atoms with Crippen molar-refractivity contribution < 1.29 is 24.1 Å². The fourth-order valence-electron chi connectivity index (χ4n) is 1.55. The Balaban J connectivity index is 2.40. The van der Waals surface area contributed by atoms with Gasteiger partial charge in [-0.05, 0) is 0 Å². The summed E-state index contributed by atoms with van der Waals surface area (Å²) in [7, 11) is 0.384. The lowest BCUT2D eigenvalue weighted by Gasteiger charge is -2.06. The lowest BCUT2D eigenvalue weighted by Crippen LogP contribution is -2.23. The number of carbonyl (C=O) groups is 2. The fraction of sp³-hybridized carbons (Fsp3) is 0.200. The zero-order valence-corrected chi connectivity index (χ0v) is 11.0. The Kier molecular flexibility index (Phi) is 4.38. The molecule has 2 rings (SSSR count). The van der Waals surface area contributed by atoms with Crippen molar-refractivity contribution in [1.82, 2.24) is 10.5 Å². The number of nitrogens with one attached hydrogen (secondary N) is 1. The highest BCUT2D eigenvalue weighted by Crippen LogP contribution is 2.28. The van der Waals surface area contributed by atoms with E-state index in [4.69, 9.17) is 0 Å². The lowest BCUT2D eigenvalue weighted by atomic mass is 10.0. The number of aromatic nitrogens is 1. The zero-order valence-electron chi connectivity index (χ0n) is 10.2. The fourth-order valence-corrected chi connectivity index (χ4v) is 2.72. The molecule has 0 aromatic carbocycles. The van der Waals surface area contributed by atoms with Gasteiger partial charge in [-0.2, -0.15) is 0 Å². The van der Waals surface area contributed by atoms with E-state index < -0.39 is 22.6 Å². The predicted octanol–water partition coefficient (Wildman–Crippen LogP) is 0.163. The molecule has 1 aromatic rings. The molecule has 9 nitrogen and oxygen atoms in total. The van der Waals surface area contributed by atoms with Crippen LogP contribution in [-0.4, -0.2) is 34.9 Å². The van der Waals surface area contributed by atoms with Gasteiger partial charge in [-0.1, -0.05) is 9.68 Å². The zero-order chi connectivity index (χ0) is 14.5. The maximum absolute atomic E-state index is 11.4. The first kappa shape index (κ1) is 14.1. The van der Waals surface area contributed by atoms with E-state index in [9.17, 15) is 14.7 Å². The van der Waals surface area contributed by atoms with Crippen LogP contribution in [0.15, 0.2) is 37.5 Å². The minimum atomic E-state index is -1.14. The number of amides is 1. The number of carboxylic acid groups (broad SMARTS) is 1. The van der Waals surface area contributed by atoms with Crippen molar-refractivity contribution in [2.75, 3.05) is 7.11 Å². The number of nitrogens with zero attached hydrogens (tertiary/aromatic N) is 3. The Bertz CT molecular complexity index is 607. The van der Waals surface area contributed by atoms with Gasteiger partial charge in [0.15, 0.2) is 5.17 Å². The van der Waals surface area contributed by atoms with Crippen molar-refractivity contribution in [1.29, 1.82) is 0 Å². The number of aliphatic carboxylic acids is 1. The largest absolute Gasteiger partial charge is 0.480 e. The van der Waals surface area contributed by atoms with Crippen molar-refractivity contribution in [3.8, 4) is 0 Å². The number of hydrogen-bond acceptors (Lipinski definition) is 7. The molecular formula is C10H10N4O5S. The Hall–Kier alpha value is -2.33.